The highest BCUT2D eigenvalue weighted by molar-refractivity contribution is 6.34. The predicted molar refractivity (Wildman–Crippen MR) is 235 cm³/mol. The molecule has 9 rings (SSSR count). The molecule has 60 heavy (non-hydrogen) atoms. The van der Waals surface area contributed by atoms with Crippen LogP contribution in [-0.2, 0) is 10.8 Å². The van der Waals surface area contributed by atoms with E-state index in [1.54, 1.807) is 51.1 Å². The Hall–Kier alpha value is -6.86. The van der Waals surface area contributed by atoms with Crippen LogP contribution in [0.3, 0.4) is 0 Å². The van der Waals surface area contributed by atoms with Gasteiger partial charge in [-0.2, -0.15) is 0 Å². The highest BCUT2D eigenvalue weighted by atomic mass is 16.5. The lowest BCUT2D eigenvalue weighted by Gasteiger charge is -2.35. The maximum absolute atomic E-state index is 14.1. The number of carbonyl (C=O) groups is 4. The molecule has 0 N–H and O–H groups in total. The van der Waals surface area contributed by atoms with Crippen LogP contribution in [-0.4, -0.2) is 34.1 Å². The van der Waals surface area contributed by atoms with E-state index in [9.17, 15) is 19.2 Å². The van der Waals surface area contributed by atoms with E-state index in [1.165, 1.54) is 43.7 Å². The summed E-state index contributed by atoms with van der Waals surface area (Å²) >= 11 is 0. The van der Waals surface area contributed by atoms with Crippen molar-refractivity contribution in [2.45, 2.75) is 70.8 Å². The first-order valence-corrected chi connectivity index (χ1v) is 20.6. The van der Waals surface area contributed by atoms with Crippen LogP contribution < -0.4 is 9.64 Å². The zero-order chi connectivity index (χ0) is 42.3. The van der Waals surface area contributed by atoms with Gasteiger partial charge in [-0.25, -0.2) is 4.90 Å². The number of hydrogen-bond donors (Lipinski definition) is 0. The molecule has 2 aliphatic heterocycles. The van der Waals surface area contributed by atoms with Gasteiger partial charge < -0.3 is 4.74 Å². The van der Waals surface area contributed by atoms with E-state index in [-0.39, 0.29) is 27.7 Å². The lowest BCUT2D eigenvalue weighted by atomic mass is 9.67. The molecule has 0 fully saturated rings. The Morgan fingerprint density at radius 1 is 0.567 bits per heavy atom. The van der Waals surface area contributed by atoms with Gasteiger partial charge in [0.15, 0.2) is 0 Å². The lowest BCUT2D eigenvalue weighted by Crippen LogP contribution is -2.48. The van der Waals surface area contributed by atoms with Crippen LogP contribution in [0.2, 0.25) is 0 Å². The molecule has 298 valence electrons. The third-order valence-corrected chi connectivity index (χ3v) is 13.6. The molecule has 0 atom stereocenters. The highest BCUT2D eigenvalue weighted by Gasteiger charge is 2.47. The molecule has 3 aliphatic rings. The van der Waals surface area contributed by atoms with Crippen LogP contribution >= 0.6 is 0 Å². The molecule has 1 aliphatic carbocycles. The minimum absolute atomic E-state index is 0.0759. The summed E-state index contributed by atoms with van der Waals surface area (Å²) in [5, 5.41) is 0. The average Bonchev–Trinajstić information content (AvgIpc) is 3.81. The second kappa shape index (κ2) is 13.9. The summed E-state index contributed by atoms with van der Waals surface area (Å²) in [5.74, 6) is -1.07. The summed E-state index contributed by atoms with van der Waals surface area (Å²) in [7, 11) is 0. The van der Waals surface area contributed by atoms with Gasteiger partial charge in [0.05, 0.1) is 38.9 Å². The fourth-order valence-corrected chi connectivity index (χ4v) is 9.30. The van der Waals surface area contributed by atoms with E-state index in [0.29, 0.717) is 22.8 Å². The molecule has 6 aromatic carbocycles. The number of benzene rings is 6. The fraction of sp³-hybridized carbons (Fsp3) is 0.208. The van der Waals surface area contributed by atoms with Crippen LogP contribution in [0.5, 0.6) is 11.5 Å². The molecule has 0 unspecified atom stereocenters. The molecule has 7 heteroatoms. The third-order valence-electron chi connectivity index (χ3n) is 13.6. The van der Waals surface area contributed by atoms with Crippen molar-refractivity contribution in [1.29, 1.82) is 0 Å². The van der Waals surface area contributed by atoms with Crippen LogP contribution in [0.1, 0.15) is 124 Å². The zero-order valence-electron chi connectivity index (χ0n) is 34.8. The standard InChI is InChI=1S/C53H46N2O5/c1-8-52(7,9-2)33-18-20-34(21-19-33)53(45-16-12-10-14-39(45)40-15-11-13-17-46(40)53)35-22-24-36(25-23-35)54-47(56)41-28-26-37(30-43(41)48(54)57)60-38-27-29-42-44(31-38)50(59)55(49(42)58)51(5,6)32(3)4/h10-31H,3,8-9H2,1-2,4-7H3. The monoisotopic (exact) mass is 790 g/mol. The summed E-state index contributed by atoms with van der Waals surface area (Å²) in [6.45, 7) is 16.1. The molecule has 0 spiro atoms. The number of nitrogens with zero attached hydrogens (tertiary/aromatic N) is 2. The molecule has 0 radical (unpaired) electrons. The number of hydrogen-bond acceptors (Lipinski definition) is 5. The smallest absolute Gasteiger partial charge is 0.266 e. The first-order chi connectivity index (χ1) is 28.8. The second-order valence-corrected chi connectivity index (χ2v) is 17.0. The molecule has 7 nitrogen and oxygen atoms in total. The van der Waals surface area contributed by atoms with Gasteiger partial charge in [-0.05, 0) is 127 Å². The van der Waals surface area contributed by atoms with Gasteiger partial charge in [0.1, 0.15) is 11.5 Å². The van der Waals surface area contributed by atoms with Gasteiger partial charge in [0.2, 0.25) is 0 Å². The largest absolute Gasteiger partial charge is 0.457 e. The van der Waals surface area contributed by atoms with Crippen LogP contribution in [0.25, 0.3) is 11.1 Å². The average molecular weight is 791 g/mol. The van der Waals surface area contributed by atoms with Crippen molar-refractivity contribution in [3.8, 4) is 22.6 Å². The summed E-state index contributed by atoms with van der Waals surface area (Å²) in [6, 6.07) is 43.5. The van der Waals surface area contributed by atoms with Gasteiger partial charge in [-0.3, -0.25) is 24.1 Å². The number of anilines is 1. The molecule has 0 saturated carbocycles. The number of ether oxygens (including phenoxy) is 1. The normalized spacial score (nSPS) is 15.2. The van der Waals surface area contributed by atoms with Gasteiger partial charge >= 0.3 is 0 Å². The van der Waals surface area contributed by atoms with Crippen LogP contribution in [0.4, 0.5) is 5.69 Å². The molecule has 0 saturated heterocycles. The Kier molecular flexibility index (Phi) is 8.94. The SMILES string of the molecule is C=C(C)C(C)(C)N1C(=O)c2ccc(Oc3ccc4c(c3)C(=O)N(c3ccc(C5(c6ccc(C(C)(CC)CC)cc6)c6ccccc6-c6ccccc65)cc3)C4=O)cc2C1=O. The molecule has 0 bridgehead atoms. The van der Waals surface area contributed by atoms with Crippen molar-refractivity contribution >= 4 is 29.3 Å². The number of amides is 4. The van der Waals surface area contributed by atoms with E-state index in [4.69, 9.17) is 4.74 Å². The number of carbonyl (C=O) groups excluding carboxylic acids is 4. The minimum Gasteiger partial charge on any atom is -0.457 e. The van der Waals surface area contributed by atoms with Crippen molar-refractivity contribution in [3.05, 3.63) is 196 Å². The molecule has 4 amide bonds. The molecule has 0 aromatic heterocycles. The van der Waals surface area contributed by atoms with E-state index in [0.717, 1.165) is 24.0 Å². The topological polar surface area (TPSA) is 84.0 Å². The van der Waals surface area contributed by atoms with Crippen molar-refractivity contribution < 1.29 is 23.9 Å². The van der Waals surface area contributed by atoms with Gasteiger partial charge in [-0.1, -0.05) is 118 Å². The number of imide groups is 2. The van der Waals surface area contributed by atoms with E-state index < -0.39 is 34.6 Å². The summed E-state index contributed by atoms with van der Waals surface area (Å²) in [5.41, 5.74) is 8.91. The van der Waals surface area contributed by atoms with Gasteiger partial charge in [-0.15, -0.1) is 0 Å². The summed E-state index contributed by atoms with van der Waals surface area (Å²) in [6.07, 6.45) is 2.09. The van der Waals surface area contributed by atoms with Crippen molar-refractivity contribution in [2.24, 2.45) is 0 Å². The molecular weight excluding hydrogens is 745 g/mol. The summed E-state index contributed by atoms with van der Waals surface area (Å²) in [4.78, 5) is 57.2. The lowest BCUT2D eigenvalue weighted by molar-refractivity contribution is 0.0527. The Morgan fingerprint density at radius 3 is 1.53 bits per heavy atom. The molecular formula is C53H46N2O5. The van der Waals surface area contributed by atoms with Gasteiger partial charge in [0.25, 0.3) is 23.6 Å². The Balaban J connectivity index is 1.04. The Morgan fingerprint density at radius 2 is 1.02 bits per heavy atom. The molecule has 6 aromatic rings. The minimum atomic E-state index is -0.875. The maximum Gasteiger partial charge on any atom is 0.266 e. The van der Waals surface area contributed by atoms with Crippen LogP contribution in [0.15, 0.2) is 146 Å². The molecule has 2 heterocycles. The Bertz CT molecular complexity index is 2760. The number of fused-ring (bicyclic) bond motifs is 5. The summed E-state index contributed by atoms with van der Waals surface area (Å²) < 4.78 is 6.15. The van der Waals surface area contributed by atoms with E-state index in [1.807, 2.05) is 24.3 Å². The Labute approximate surface area is 350 Å². The quantitative estimate of drug-likeness (QED) is 0.102. The van der Waals surface area contributed by atoms with Crippen molar-refractivity contribution in [3.63, 3.8) is 0 Å². The maximum atomic E-state index is 14.1. The van der Waals surface area contributed by atoms with Crippen molar-refractivity contribution in [1.82, 2.24) is 4.90 Å². The first-order valence-electron chi connectivity index (χ1n) is 20.6. The number of rotatable bonds is 10. The van der Waals surface area contributed by atoms with E-state index >= 15 is 0 Å². The second-order valence-electron chi connectivity index (χ2n) is 17.0. The predicted octanol–water partition coefficient (Wildman–Crippen LogP) is 11.7. The first kappa shape index (κ1) is 38.6. The zero-order valence-corrected chi connectivity index (χ0v) is 34.8. The van der Waals surface area contributed by atoms with Crippen molar-refractivity contribution in [2.75, 3.05) is 4.90 Å². The van der Waals surface area contributed by atoms with Crippen LogP contribution in [0, 0.1) is 0 Å². The third kappa shape index (κ3) is 5.48. The van der Waals surface area contributed by atoms with E-state index in [2.05, 4.69) is 100 Å². The van der Waals surface area contributed by atoms with Gasteiger partial charge in [0, 0.05) is 0 Å². The highest BCUT2D eigenvalue weighted by Crippen LogP contribution is 2.56. The fourth-order valence-electron chi connectivity index (χ4n) is 9.30.